The molecule has 0 radical (unpaired) electrons. The molecule has 4 heteroatoms. The zero-order valence-corrected chi connectivity index (χ0v) is 10.7. The lowest BCUT2D eigenvalue weighted by molar-refractivity contribution is 0.418. The Kier molecular flexibility index (Phi) is 3.78. The Balaban J connectivity index is 2.65. The Morgan fingerprint density at radius 3 is 2.57 bits per heavy atom. The molecular formula is C10H17ClN2S. The van der Waals surface area contributed by atoms with Gasteiger partial charge in [0.15, 0.2) is 5.13 Å². The summed E-state index contributed by atoms with van der Waals surface area (Å²) in [5.41, 5.74) is 1.26. The first-order chi connectivity index (χ1) is 6.42. The number of nitrogens with zero attached hydrogens (tertiary/aromatic N) is 2. The van der Waals surface area contributed by atoms with E-state index in [0.29, 0.717) is 11.3 Å². The first-order valence-corrected chi connectivity index (χ1v) is 6.05. The van der Waals surface area contributed by atoms with Crippen LogP contribution in [0.2, 0.25) is 0 Å². The normalized spacial score (nSPS) is 11.8. The maximum absolute atomic E-state index is 5.70. The monoisotopic (exact) mass is 232 g/mol. The predicted octanol–water partition coefficient (Wildman–Crippen LogP) is 3.36. The molecule has 0 bridgehead atoms. The predicted molar refractivity (Wildman–Crippen MR) is 64.4 cm³/mol. The van der Waals surface area contributed by atoms with Crippen LogP contribution in [0, 0.1) is 5.41 Å². The molecule has 0 N–H and O–H groups in total. The Morgan fingerprint density at radius 1 is 1.50 bits per heavy atom. The lowest BCUT2D eigenvalue weighted by atomic mass is 9.96. The van der Waals surface area contributed by atoms with Crippen LogP contribution in [0.5, 0.6) is 0 Å². The molecule has 0 aliphatic rings. The van der Waals surface area contributed by atoms with Crippen LogP contribution in [-0.4, -0.2) is 18.6 Å². The molecule has 0 aromatic carbocycles. The van der Waals surface area contributed by atoms with E-state index < -0.39 is 0 Å². The van der Waals surface area contributed by atoms with Crippen molar-refractivity contribution in [2.75, 3.05) is 18.5 Å². The van der Waals surface area contributed by atoms with Crippen LogP contribution < -0.4 is 4.90 Å². The van der Waals surface area contributed by atoms with Crippen LogP contribution in [0.1, 0.15) is 26.5 Å². The molecule has 0 atom stereocenters. The quantitative estimate of drug-likeness (QED) is 0.743. The lowest BCUT2D eigenvalue weighted by Gasteiger charge is -2.26. The Morgan fingerprint density at radius 2 is 2.14 bits per heavy atom. The molecule has 0 saturated heterocycles. The molecule has 80 valence electrons. The number of aromatic nitrogens is 1. The second kappa shape index (κ2) is 4.49. The first kappa shape index (κ1) is 11.8. The van der Waals surface area contributed by atoms with Crippen molar-refractivity contribution >= 4 is 28.1 Å². The van der Waals surface area contributed by atoms with Gasteiger partial charge in [0.25, 0.3) is 0 Å². The van der Waals surface area contributed by atoms with Crippen molar-refractivity contribution in [1.82, 2.24) is 4.98 Å². The molecule has 0 aliphatic heterocycles. The van der Waals surface area contributed by atoms with Crippen molar-refractivity contribution < 1.29 is 0 Å². The summed E-state index contributed by atoms with van der Waals surface area (Å²) in [7, 11) is 2.07. The number of alkyl halides is 1. The second-order valence-corrected chi connectivity index (χ2v) is 5.78. The topological polar surface area (TPSA) is 16.1 Å². The number of anilines is 1. The van der Waals surface area contributed by atoms with Gasteiger partial charge in [-0.05, 0) is 5.41 Å². The highest BCUT2D eigenvalue weighted by Gasteiger charge is 2.15. The van der Waals surface area contributed by atoms with E-state index in [9.17, 15) is 0 Å². The van der Waals surface area contributed by atoms with Crippen molar-refractivity contribution in [1.29, 1.82) is 0 Å². The lowest BCUT2D eigenvalue weighted by Crippen LogP contribution is -2.28. The van der Waals surface area contributed by atoms with Gasteiger partial charge in [0, 0.05) is 19.0 Å². The molecule has 0 saturated carbocycles. The maximum atomic E-state index is 5.70. The van der Waals surface area contributed by atoms with Gasteiger partial charge in [0.2, 0.25) is 0 Å². The van der Waals surface area contributed by atoms with Crippen molar-refractivity contribution in [2.24, 2.45) is 5.41 Å². The van der Waals surface area contributed by atoms with Crippen LogP contribution in [0.4, 0.5) is 5.13 Å². The fraction of sp³-hybridized carbons (Fsp3) is 0.700. The van der Waals surface area contributed by atoms with Crippen LogP contribution >= 0.6 is 22.9 Å². The standard InChI is InChI=1S/C10H17ClN2S/c1-10(2,3)7-13(4)9-12-8(5-11)6-14-9/h6H,5,7H2,1-4H3. The zero-order valence-electron chi connectivity index (χ0n) is 9.17. The minimum atomic E-state index is 0.293. The van der Waals surface area contributed by atoms with Gasteiger partial charge in [-0.15, -0.1) is 22.9 Å². The highest BCUT2D eigenvalue weighted by molar-refractivity contribution is 7.13. The van der Waals surface area contributed by atoms with Crippen LogP contribution in [-0.2, 0) is 5.88 Å². The van der Waals surface area contributed by atoms with Crippen molar-refractivity contribution in [3.63, 3.8) is 0 Å². The second-order valence-electron chi connectivity index (χ2n) is 4.67. The first-order valence-electron chi connectivity index (χ1n) is 4.64. The smallest absolute Gasteiger partial charge is 0.185 e. The van der Waals surface area contributed by atoms with Crippen molar-refractivity contribution in [2.45, 2.75) is 26.7 Å². The Labute approximate surface area is 94.9 Å². The summed E-state index contributed by atoms with van der Waals surface area (Å²) >= 11 is 7.36. The highest BCUT2D eigenvalue weighted by Crippen LogP contribution is 2.24. The van der Waals surface area contributed by atoms with Crippen molar-refractivity contribution in [3.05, 3.63) is 11.1 Å². The minimum Gasteiger partial charge on any atom is -0.351 e. The van der Waals surface area contributed by atoms with Gasteiger partial charge in [-0.2, -0.15) is 0 Å². The molecule has 14 heavy (non-hydrogen) atoms. The molecule has 1 aromatic rings. The van der Waals surface area contributed by atoms with Crippen LogP contribution in [0.25, 0.3) is 0 Å². The number of hydrogen-bond donors (Lipinski definition) is 0. The van der Waals surface area contributed by atoms with Gasteiger partial charge in [0.1, 0.15) is 0 Å². The molecule has 0 fully saturated rings. The minimum absolute atomic E-state index is 0.293. The Bertz CT molecular complexity index is 291. The van der Waals surface area contributed by atoms with Gasteiger partial charge in [-0.3, -0.25) is 0 Å². The average molecular weight is 233 g/mol. The maximum Gasteiger partial charge on any atom is 0.185 e. The summed E-state index contributed by atoms with van der Waals surface area (Å²) in [4.78, 5) is 6.61. The van der Waals surface area contributed by atoms with E-state index in [1.165, 1.54) is 0 Å². The van der Waals surface area contributed by atoms with Gasteiger partial charge < -0.3 is 4.90 Å². The summed E-state index contributed by atoms with van der Waals surface area (Å²) in [6.45, 7) is 7.67. The third-order valence-electron chi connectivity index (χ3n) is 1.71. The molecule has 1 heterocycles. The number of rotatable bonds is 3. The van der Waals surface area contributed by atoms with Gasteiger partial charge >= 0.3 is 0 Å². The number of thiazole rings is 1. The van der Waals surface area contributed by atoms with Gasteiger partial charge in [0.05, 0.1) is 11.6 Å². The molecular weight excluding hydrogens is 216 g/mol. The van der Waals surface area contributed by atoms with E-state index in [4.69, 9.17) is 11.6 Å². The summed E-state index contributed by atoms with van der Waals surface area (Å²) < 4.78 is 0. The SMILES string of the molecule is CN(CC(C)(C)C)c1nc(CCl)cs1. The van der Waals surface area contributed by atoms with E-state index in [0.717, 1.165) is 17.4 Å². The van der Waals surface area contributed by atoms with Gasteiger partial charge in [-0.25, -0.2) is 4.98 Å². The van der Waals surface area contributed by atoms with Crippen LogP contribution in [0.3, 0.4) is 0 Å². The fourth-order valence-corrected chi connectivity index (χ4v) is 2.33. The molecule has 0 unspecified atom stereocenters. The van der Waals surface area contributed by atoms with E-state index in [-0.39, 0.29) is 0 Å². The summed E-state index contributed by atoms with van der Waals surface area (Å²) in [5.74, 6) is 0.500. The molecule has 1 aromatic heterocycles. The number of halogens is 1. The molecule has 0 amide bonds. The largest absolute Gasteiger partial charge is 0.351 e. The molecule has 1 rings (SSSR count). The summed E-state index contributed by atoms with van der Waals surface area (Å²) in [5, 5.41) is 3.07. The van der Waals surface area contributed by atoms with E-state index in [1.807, 2.05) is 5.38 Å². The summed E-state index contributed by atoms with van der Waals surface area (Å²) in [6.07, 6.45) is 0. The van der Waals surface area contributed by atoms with E-state index in [2.05, 4.69) is 37.7 Å². The molecule has 0 aliphatic carbocycles. The average Bonchev–Trinajstić information content (AvgIpc) is 2.48. The van der Waals surface area contributed by atoms with Crippen molar-refractivity contribution in [3.8, 4) is 0 Å². The highest BCUT2D eigenvalue weighted by atomic mass is 35.5. The van der Waals surface area contributed by atoms with Gasteiger partial charge in [-0.1, -0.05) is 20.8 Å². The third-order valence-corrected chi connectivity index (χ3v) is 2.99. The molecule has 0 spiro atoms. The van der Waals surface area contributed by atoms with Crippen LogP contribution in [0.15, 0.2) is 5.38 Å². The third kappa shape index (κ3) is 3.46. The number of hydrogen-bond acceptors (Lipinski definition) is 3. The Hall–Kier alpha value is -0.280. The van der Waals surface area contributed by atoms with E-state index in [1.54, 1.807) is 11.3 Å². The fourth-order valence-electron chi connectivity index (χ4n) is 1.31. The molecule has 2 nitrogen and oxygen atoms in total. The van der Waals surface area contributed by atoms with E-state index >= 15 is 0 Å². The zero-order chi connectivity index (χ0) is 10.8. The summed E-state index contributed by atoms with van der Waals surface area (Å²) in [6, 6.07) is 0.